The minimum absolute atomic E-state index is 0.0905. The lowest BCUT2D eigenvalue weighted by Crippen LogP contribution is -2.39. The molecule has 0 radical (unpaired) electrons. The molecule has 1 saturated carbocycles. The minimum Gasteiger partial charge on any atom is -0.480 e. The average molecular weight is 225 g/mol. The second-order valence-corrected chi connectivity index (χ2v) is 4.32. The van der Waals surface area contributed by atoms with E-state index >= 15 is 0 Å². The van der Waals surface area contributed by atoms with E-state index in [2.05, 4.69) is 0 Å². The Morgan fingerprint density at radius 3 is 2.27 bits per heavy atom. The predicted molar refractivity (Wildman–Crippen MR) is 47.1 cm³/mol. The third-order valence-corrected chi connectivity index (χ3v) is 3.07. The standard InChI is InChI=1S/C9H14F3NO2/c1-5(6(13)7(14)15)4-8(2-3-8)9(10,11)12/h5-6H,2-4,13H2,1H3,(H,14,15)/t5?,6-/m0/s1. The molecule has 0 aromatic carbocycles. The van der Waals surface area contributed by atoms with Gasteiger partial charge in [-0.15, -0.1) is 0 Å². The van der Waals surface area contributed by atoms with Gasteiger partial charge in [-0.3, -0.25) is 4.79 Å². The molecule has 3 nitrogen and oxygen atoms in total. The molecule has 0 heterocycles. The van der Waals surface area contributed by atoms with Gasteiger partial charge in [0.2, 0.25) is 0 Å². The van der Waals surface area contributed by atoms with Gasteiger partial charge in [-0.25, -0.2) is 0 Å². The number of hydrogen-bond acceptors (Lipinski definition) is 2. The Bertz CT molecular complexity index is 261. The molecule has 1 aliphatic carbocycles. The highest BCUT2D eigenvalue weighted by Gasteiger charge is 2.63. The van der Waals surface area contributed by atoms with Crippen molar-refractivity contribution in [3.63, 3.8) is 0 Å². The second kappa shape index (κ2) is 3.66. The van der Waals surface area contributed by atoms with Crippen LogP contribution in [0.2, 0.25) is 0 Å². The first kappa shape index (κ1) is 12.3. The molecule has 0 aromatic rings. The Labute approximate surface area is 85.4 Å². The first-order valence-corrected chi connectivity index (χ1v) is 4.75. The van der Waals surface area contributed by atoms with E-state index in [4.69, 9.17) is 10.8 Å². The zero-order chi connectivity index (χ0) is 11.9. The Morgan fingerprint density at radius 1 is 1.53 bits per heavy atom. The van der Waals surface area contributed by atoms with Gasteiger partial charge in [0.1, 0.15) is 6.04 Å². The van der Waals surface area contributed by atoms with Gasteiger partial charge in [-0.05, 0) is 25.2 Å². The molecule has 0 aliphatic heterocycles. The second-order valence-electron chi connectivity index (χ2n) is 4.32. The van der Waals surface area contributed by atoms with Crippen LogP contribution in [0.1, 0.15) is 26.2 Å². The number of alkyl halides is 3. The molecule has 88 valence electrons. The van der Waals surface area contributed by atoms with Crippen molar-refractivity contribution in [1.82, 2.24) is 0 Å². The van der Waals surface area contributed by atoms with Crippen molar-refractivity contribution < 1.29 is 23.1 Å². The average Bonchev–Trinajstić information content (AvgIpc) is 2.82. The minimum atomic E-state index is -4.24. The number of carboxylic acid groups (broad SMARTS) is 1. The van der Waals surface area contributed by atoms with Gasteiger partial charge in [0, 0.05) is 0 Å². The fraction of sp³-hybridized carbons (Fsp3) is 0.889. The molecule has 3 N–H and O–H groups in total. The lowest BCUT2D eigenvalue weighted by molar-refractivity contribution is -0.192. The number of carbonyl (C=O) groups is 1. The number of hydrogen-bond donors (Lipinski definition) is 2. The fourth-order valence-electron chi connectivity index (χ4n) is 1.74. The lowest BCUT2D eigenvalue weighted by atomic mass is 9.88. The van der Waals surface area contributed by atoms with Crippen LogP contribution in [0.25, 0.3) is 0 Å². The smallest absolute Gasteiger partial charge is 0.394 e. The van der Waals surface area contributed by atoms with Crippen LogP contribution >= 0.6 is 0 Å². The molecule has 2 atom stereocenters. The Hall–Kier alpha value is -0.780. The number of carboxylic acids is 1. The van der Waals surface area contributed by atoms with Crippen LogP contribution in [0, 0.1) is 11.3 Å². The van der Waals surface area contributed by atoms with Gasteiger partial charge in [-0.2, -0.15) is 13.2 Å². The quantitative estimate of drug-likeness (QED) is 0.766. The van der Waals surface area contributed by atoms with E-state index in [0.29, 0.717) is 0 Å². The highest BCUT2D eigenvalue weighted by atomic mass is 19.4. The molecule has 0 spiro atoms. The number of aliphatic carboxylic acids is 1. The van der Waals surface area contributed by atoms with Gasteiger partial charge >= 0.3 is 12.1 Å². The van der Waals surface area contributed by atoms with E-state index in [0.717, 1.165) is 0 Å². The number of nitrogens with two attached hydrogens (primary N) is 1. The molecule has 1 fully saturated rings. The van der Waals surface area contributed by atoms with E-state index < -0.39 is 29.5 Å². The van der Waals surface area contributed by atoms with E-state index in [1.165, 1.54) is 6.92 Å². The lowest BCUT2D eigenvalue weighted by Gasteiger charge is -2.24. The monoisotopic (exact) mass is 225 g/mol. The van der Waals surface area contributed by atoms with Crippen molar-refractivity contribution >= 4 is 5.97 Å². The zero-order valence-electron chi connectivity index (χ0n) is 8.34. The molecule has 1 rings (SSSR count). The molecular formula is C9H14F3NO2. The maximum atomic E-state index is 12.5. The third kappa shape index (κ3) is 2.42. The van der Waals surface area contributed by atoms with Crippen molar-refractivity contribution in [1.29, 1.82) is 0 Å². The molecule has 0 amide bonds. The Kier molecular flexibility index (Phi) is 3.00. The Morgan fingerprint density at radius 2 is 2.00 bits per heavy atom. The maximum absolute atomic E-state index is 12.5. The summed E-state index contributed by atoms with van der Waals surface area (Å²) in [6.45, 7) is 1.45. The summed E-state index contributed by atoms with van der Waals surface area (Å²) in [6.07, 6.45) is -4.25. The summed E-state index contributed by atoms with van der Waals surface area (Å²) in [6, 6.07) is -1.22. The number of rotatable bonds is 4. The van der Waals surface area contributed by atoms with Crippen molar-refractivity contribution in [2.45, 2.75) is 38.4 Å². The summed E-state index contributed by atoms with van der Waals surface area (Å²) in [5, 5.41) is 8.57. The molecular weight excluding hydrogens is 211 g/mol. The summed E-state index contributed by atoms with van der Waals surface area (Å²) in [4.78, 5) is 10.5. The van der Waals surface area contributed by atoms with Crippen LogP contribution < -0.4 is 5.73 Å². The van der Waals surface area contributed by atoms with Gasteiger partial charge in [-0.1, -0.05) is 6.92 Å². The molecule has 1 unspecified atom stereocenters. The topological polar surface area (TPSA) is 63.3 Å². The van der Waals surface area contributed by atoms with Crippen molar-refractivity contribution in [3.05, 3.63) is 0 Å². The Balaban J connectivity index is 2.59. The first-order chi connectivity index (χ1) is 6.69. The van der Waals surface area contributed by atoms with Crippen molar-refractivity contribution in [2.75, 3.05) is 0 Å². The van der Waals surface area contributed by atoms with Crippen molar-refractivity contribution in [3.8, 4) is 0 Å². The van der Waals surface area contributed by atoms with Crippen LogP contribution in [0.3, 0.4) is 0 Å². The van der Waals surface area contributed by atoms with Gasteiger partial charge in [0.05, 0.1) is 5.41 Å². The van der Waals surface area contributed by atoms with E-state index in [-0.39, 0.29) is 19.3 Å². The van der Waals surface area contributed by atoms with E-state index in [9.17, 15) is 18.0 Å². The van der Waals surface area contributed by atoms with Crippen molar-refractivity contribution in [2.24, 2.45) is 17.1 Å². The molecule has 0 aromatic heterocycles. The van der Waals surface area contributed by atoms with Crippen LogP contribution in [0.4, 0.5) is 13.2 Å². The van der Waals surface area contributed by atoms with Crippen LogP contribution in [0.5, 0.6) is 0 Å². The van der Waals surface area contributed by atoms with Gasteiger partial charge < -0.3 is 10.8 Å². The summed E-state index contributed by atoms with van der Waals surface area (Å²) >= 11 is 0. The van der Waals surface area contributed by atoms with Crippen LogP contribution in [-0.2, 0) is 4.79 Å². The van der Waals surface area contributed by atoms with Crippen LogP contribution in [0.15, 0.2) is 0 Å². The predicted octanol–water partition coefficient (Wildman–Crippen LogP) is 1.77. The molecule has 0 bridgehead atoms. The largest absolute Gasteiger partial charge is 0.480 e. The van der Waals surface area contributed by atoms with Crippen LogP contribution in [-0.4, -0.2) is 23.3 Å². The number of halogens is 3. The molecule has 6 heteroatoms. The van der Waals surface area contributed by atoms with Gasteiger partial charge in [0.15, 0.2) is 0 Å². The fourth-order valence-corrected chi connectivity index (χ4v) is 1.74. The highest BCUT2D eigenvalue weighted by molar-refractivity contribution is 5.73. The van der Waals surface area contributed by atoms with E-state index in [1.807, 2.05) is 0 Å². The normalized spacial score (nSPS) is 23.3. The molecule has 15 heavy (non-hydrogen) atoms. The zero-order valence-corrected chi connectivity index (χ0v) is 8.34. The SMILES string of the molecule is CC(CC1(C(F)(F)F)CC1)[C@H](N)C(=O)O. The first-order valence-electron chi connectivity index (χ1n) is 4.75. The maximum Gasteiger partial charge on any atom is 0.394 e. The summed E-state index contributed by atoms with van der Waals surface area (Å²) < 4.78 is 37.6. The summed E-state index contributed by atoms with van der Waals surface area (Å²) in [5.41, 5.74) is 3.60. The summed E-state index contributed by atoms with van der Waals surface area (Å²) in [7, 11) is 0. The third-order valence-electron chi connectivity index (χ3n) is 3.07. The highest BCUT2D eigenvalue weighted by Crippen LogP contribution is 2.61. The molecule has 1 aliphatic rings. The van der Waals surface area contributed by atoms with E-state index in [1.54, 1.807) is 0 Å². The van der Waals surface area contributed by atoms with Gasteiger partial charge in [0.25, 0.3) is 0 Å². The summed E-state index contributed by atoms with van der Waals surface area (Å²) in [5.74, 6) is -1.91. The molecule has 0 saturated heterocycles.